The van der Waals surface area contributed by atoms with E-state index in [9.17, 15) is 0 Å². The van der Waals surface area contributed by atoms with Gasteiger partial charge in [-0.3, -0.25) is 0 Å². The molecule has 2 heteroatoms. The average molecular weight is 249 g/mol. The molecular weight excluding hydrogens is 222 g/mol. The molecule has 2 nitrogen and oxygen atoms in total. The predicted molar refractivity (Wildman–Crippen MR) is 78.5 cm³/mol. The van der Waals surface area contributed by atoms with Gasteiger partial charge in [-0.15, -0.1) is 0 Å². The average Bonchev–Trinajstić information content (AvgIpc) is 2.22. The zero-order valence-electron chi connectivity index (χ0n) is 12.2. The smallest absolute Gasteiger partial charge is 0.0717 e. The van der Waals surface area contributed by atoms with Crippen molar-refractivity contribution < 1.29 is 4.74 Å². The van der Waals surface area contributed by atoms with E-state index in [-0.39, 0.29) is 0 Å². The number of anilines is 1. The van der Waals surface area contributed by atoms with Crippen molar-refractivity contribution in [2.45, 2.75) is 47.1 Å². The van der Waals surface area contributed by atoms with Gasteiger partial charge in [0.15, 0.2) is 0 Å². The minimum Gasteiger partial charge on any atom is -0.399 e. The first kappa shape index (κ1) is 15.0. The van der Waals surface area contributed by atoms with Crippen molar-refractivity contribution in [1.82, 2.24) is 0 Å². The Bertz CT molecular complexity index is 358. The lowest BCUT2D eigenvalue weighted by Crippen LogP contribution is -2.02. The van der Waals surface area contributed by atoms with Crippen LogP contribution in [0.15, 0.2) is 18.2 Å². The standard InChI is InChI=1S/C16H27NO/c1-12(2)5-6-18-11-15-8-14(7-13(3)4)9-16(17)10-15/h8-10,12-13H,5-7,11,17H2,1-4H3. The van der Waals surface area contributed by atoms with Gasteiger partial charge in [0.2, 0.25) is 0 Å². The van der Waals surface area contributed by atoms with E-state index in [0.29, 0.717) is 18.4 Å². The van der Waals surface area contributed by atoms with Crippen LogP contribution in [-0.4, -0.2) is 6.61 Å². The van der Waals surface area contributed by atoms with E-state index in [1.54, 1.807) is 0 Å². The van der Waals surface area contributed by atoms with Crippen LogP contribution in [0, 0.1) is 11.8 Å². The molecule has 0 saturated carbocycles. The summed E-state index contributed by atoms with van der Waals surface area (Å²) in [5, 5.41) is 0. The van der Waals surface area contributed by atoms with E-state index < -0.39 is 0 Å². The van der Waals surface area contributed by atoms with Gasteiger partial charge in [0.25, 0.3) is 0 Å². The molecule has 0 fully saturated rings. The maximum absolute atomic E-state index is 5.93. The molecule has 0 atom stereocenters. The summed E-state index contributed by atoms with van der Waals surface area (Å²) >= 11 is 0. The van der Waals surface area contributed by atoms with Crippen LogP contribution in [0.2, 0.25) is 0 Å². The molecular formula is C16H27NO. The highest BCUT2D eigenvalue weighted by Gasteiger charge is 2.03. The maximum atomic E-state index is 5.93. The third-order valence-electron chi connectivity index (χ3n) is 2.83. The van der Waals surface area contributed by atoms with Gasteiger partial charge in [-0.25, -0.2) is 0 Å². The Kier molecular flexibility index (Phi) is 6.20. The number of hydrogen-bond acceptors (Lipinski definition) is 2. The van der Waals surface area contributed by atoms with Crippen molar-refractivity contribution in [3.63, 3.8) is 0 Å². The van der Waals surface area contributed by atoms with Gasteiger partial charge in [-0.05, 0) is 47.9 Å². The van der Waals surface area contributed by atoms with Gasteiger partial charge < -0.3 is 10.5 Å². The second-order valence-corrected chi connectivity index (χ2v) is 5.92. The molecule has 0 radical (unpaired) electrons. The second-order valence-electron chi connectivity index (χ2n) is 5.92. The summed E-state index contributed by atoms with van der Waals surface area (Å²) in [6, 6.07) is 6.29. The van der Waals surface area contributed by atoms with Crippen LogP contribution in [0.4, 0.5) is 5.69 Å². The Labute approximate surface area is 112 Å². The summed E-state index contributed by atoms with van der Waals surface area (Å²) in [6.45, 7) is 10.4. The van der Waals surface area contributed by atoms with E-state index in [1.165, 1.54) is 11.1 Å². The van der Waals surface area contributed by atoms with Crippen molar-refractivity contribution in [2.24, 2.45) is 11.8 Å². The van der Waals surface area contributed by atoms with Gasteiger partial charge in [0, 0.05) is 12.3 Å². The number of ether oxygens (including phenoxy) is 1. The van der Waals surface area contributed by atoms with Crippen LogP contribution in [0.3, 0.4) is 0 Å². The summed E-state index contributed by atoms with van der Waals surface area (Å²) in [5.74, 6) is 1.35. The fourth-order valence-corrected chi connectivity index (χ4v) is 1.97. The van der Waals surface area contributed by atoms with Crippen molar-refractivity contribution >= 4 is 5.69 Å². The number of benzene rings is 1. The SMILES string of the molecule is CC(C)CCOCc1cc(N)cc(CC(C)C)c1. The van der Waals surface area contributed by atoms with Crippen molar-refractivity contribution in [3.8, 4) is 0 Å². The Morgan fingerprint density at radius 2 is 1.67 bits per heavy atom. The van der Waals surface area contributed by atoms with Crippen LogP contribution in [0.25, 0.3) is 0 Å². The van der Waals surface area contributed by atoms with Gasteiger partial charge in [0.05, 0.1) is 6.61 Å². The molecule has 1 aromatic rings. The van der Waals surface area contributed by atoms with Crippen LogP contribution < -0.4 is 5.73 Å². The Balaban J connectivity index is 2.51. The summed E-state index contributed by atoms with van der Waals surface area (Å²) in [6.07, 6.45) is 2.19. The van der Waals surface area contributed by atoms with E-state index in [1.807, 2.05) is 6.07 Å². The van der Waals surface area contributed by atoms with E-state index in [0.717, 1.165) is 25.1 Å². The molecule has 0 unspecified atom stereocenters. The summed E-state index contributed by atoms with van der Waals surface area (Å²) < 4.78 is 5.69. The lowest BCUT2D eigenvalue weighted by molar-refractivity contribution is 0.110. The lowest BCUT2D eigenvalue weighted by atomic mass is 10.0. The van der Waals surface area contributed by atoms with Crippen molar-refractivity contribution in [3.05, 3.63) is 29.3 Å². The molecule has 0 amide bonds. The summed E-state index contributed by atoms with van der Waals surface area (Å²) in [5.41, 5.74) is 9.28. The van der Waals surface area contributed by atoms with E-state index in [4.69, 9.17) is 10.5 Å². The Morgan fingerprint density at radius 1 is 1.00 bits per heavy atom. The normalized spacial score (nSPS) is 11.4. The van der Waals surface area contributed by atoms with Crippen LogP contribution in [0.5, 0.6) is 0 Å². The molecule has 1 rings (SSSR count). The molecule has 0 aromatic heterocycles. The van der Waals surface area contributed by atoms with Gasteiger partial charge in [-0.2, -0.15) is 0 Å². The minimum absolute atomic E-state index is 0.654. The van der Waals surface area contributed by atoms with E-state index >= 15 is 0 Å². The molecule has 0 bridgehead atoms. The number of nitrogens with two attached hydrogens (primary N) is 1. The molecule has 2 N–H and O–H groups in total. The summed E-state index contributed by atoms with van der Waals surface area (Å²) in [7, 11) is 0. The fraction of sp³-hybridized carbons (Fsp3) is 0.625. The molecule has 1 aromatic carbocycles. The molecule has 0 saturated heterocycles. The van der Waals surface area contributed by atoms with Crippen molar-refractivity contribution in [1.29, 1.82) is 0 Å². The largest absolute Gasteiger partial charge is 0.399 e. The number of nitrogen functional groups attached to an aromatic ring is 1. The molecule has 0 aliphatic carbocycles. The van der Waals surface area contributed by atoms with Gasteiger partial charge >= 0.3 is 0 Å². The highest BCUT2D eigenvalue weighted by Crippen LogP contribution is 2.16. The van der Waals surface area contributed by atoms with Crippen LogP contribution in [-0.2, 0) is 17.8 Å². The number of hydrogen-bond donors (Lipinski definition) is 1. The zero-order chi connectivity index (χ0) is 13.5. The third kappa shape index (κ3) is 6.06. The lowest BCUT2D eigenvalue weighted by Gasteiger charge is -2.11. The molecule has 18 heavy (non-hydrogen) atoms. The fourth-order valence-electron chi connectivity index (χ4n) is 1.97. The Morgan fingerprint density at radius 3 is 2.28 bits per heavy atom. The Hall–Kier alpha value is -1.02. The first-order chi connectivity index (χ1) is 8.47. The monoisotopic (exact) mass is 249 g/mol. The van der Waals surface area contributed by atoms with Crippen LogP contribution >= 0.6 is 0 Å². The summed E-state index contributed by atoms with van der Waals surface area (Å²) in [4.78, 5) is 0. The third-order valence-corrected chi connectivity index (χ3v) is 2.83. The minimum atomic E-state index is 0.654. The highest BCUT2D eigenvalue weighted by molar-refractivity contribution is 5.44. The van der Waals surface area contributed by atoms with Gasteiger partial charge in [0.1, 0.15) is 0 Å². The van der Waals surface area contributed by atoms with E-state index in [2.05, 4.69) is 39.8 Å². The molecule has 0 spiro atoms. The molecule has 0 aliphatic rings. The predicted octanol–water partition coefficient (Wildman–Crippen LogP) is 4.03. The topological polar surface area (TPSA) is 35.2 Å². The van der Waals surface area contributed by atoms with Gasteiger partial charge in [-0.1, -0.05) is 33.8 Å². The molecule has 0 aliphatic heterocycles. The van der Waals surface area contributed by atoms with Crippen LogP contribution in [0.1, 0.15) is 45.2 Å². The molecule has 0 heterocycles. The van der Waals surface area contributed by atoms with Crippen molar-refractivity contribution in [2.75, 3.05) is 12.3 Å². The number of rotatable bonds is 7. The second kappa shape index (κ2) is 7.42. The maximum Gasteiger partial charge on any atom is 0.0717 e. The quantitative estimate of drug-likeness (QED) is 0.585. The highest BCUT2D eigenvalue weighted by atomic mass is 16.5. The molecule has 102 valence electrons. The zero-order valence-corrected chi connectivity index (χ0v) is 12.2. The first-order valence-corrected chi connectivity index (χ1v) is 6.93. The first-order valence-electron chi connectivity index (χ1n) is 6.93.